The molecular weight excluding hydrogens is 224 g/mol. The Hall–Kier alpha value is -0.260. The SMILES string of the molecule is CCCCOCCCNC(=O)C1CSCN1. The number of rotatable bonds is 8. The van der Waals surface area contributed by atoms with Crippen LogP contribution in [0.15, 0.2) is 0 Å². The van der Waals surface area contributed by atoms with Crippen molar-refractivity contribution in [2.24, 2.45) is 0 Å². The van der Waals surface area contributed by atoms with Crippen molar-refractivity contribution in [3.63, 3.8) is 0 Å². The van der Waals surface area contributed by atoms with Crippen LogP contribution in [0.5, 0.6) is 0 Å². The topological polar surface area (TPSA) is 50.4 Å². The van der Waals surface area contributed by atoms with Gasteiger partial charge in [0.2, 0.25) is 5.91 Å². The molecule has 94 valence electrons. The lowest BCUT2D eigenvalue weighted by atomic mass is 10.3. The highest BCUT2D eigenvalue weighted by molar-refractivity contribution is 7.99. The lowest BCUT2D eigenvalue weighted by Crippen LogP contribution is -2.42. The van der Waals surface area contributed by atoms with Gasteiger partial charge in [0, 0.05) is 31.4 Å². The Morgan fingerprint density at radius 3 is 3.00 bits per heavy atom. The van der Waals surface area contributed by atoms with Gasteiger partial charge in [0.15, 0.2) is 0 Å². The quantitative estimate of drug-likeness (QED) is 0.627. The van der Waals surface area contributed by atoms with Crippen molar-refractivity contribution in [3.8, 4) is 0 Å². The summed E-state index contributed by atoms with van der Waals surface area (Å²) in [5.41, 5.74) is 0. The Kier molecular flexibility index (Phi) is 7.63. The van der Waals surface area contributed by atoms with E-state index in [4.69, 9.17) is 4.74 Å². The van der Waals surface area contributed by atoms with Crippen molar-refractivity contribution in [1.82, 2.24) is 10.6 Å². The molecular formula is C11H22N2O2S. The molecule has 0 spiro atoms. The zero-order valence-electron chi connectivity index (χ0n) is 9.96. The van der Waals surface area contributed by atoms with E-state index in [9.17, 15) is 4.79 Å². The van der Waals surface area contributed by atoms with Gasteiger partial charge in [-0.2, -0.15) is 0 Å². The van der Waals surface area contributed by atoms with Crippen LogP contribution in [0.4, 0.5) is 0 Å². The van der Waals surface area contributed by atoms with Gasteiger partial charge in [-0.15, -0.1) is 11.8 Å². The molecule has 1 heterocycles. The van der Waals surface area contributed by atoms with Gasteiger partial charge in [0.1, 0.15) is 0 Å². The molecule has 0 bridgehead atoms. The summed E-state index contributed by atoms with van der Waals surface area (Å²) in [6, 6.07) is 0.00556. The first-order valence-electron chi connectivity index (χ1n) is 6.01. The van der Waals surface area contributed by atoms with Gasteiger partial charge in [-0.25, -0.2) is 0 Å². The van der Waals surface area contributed by atoms with Gasteiger partial charge in [0.25, 0.3) is 0 Å². The maximum Gasteiger partial charge on any atom is 0.238 e. The molecule has 1 fully saturated rings. The molecule has 1 saturated heterocycles. The normalized spacial score (nSPS) is 19.9. The summed E-state index contributed by atoms with van der Waals surface area (Å²) in [6.45, 7) is 4.45. The molecule has 5 heteroatoms. The average Bonchev–Trinajstić information content (AvgIpc) is 2.81. The van der Waals surface area contributed by atoms with Crippen molar-refractivity contribution < 1.29 is 9.53 Å². The van der Waals surface area contributed by atoms with E-state index >= 15 is 0 Å². The van der Waals surface area contributed by atoms with Gasteiger partial charge < -0.3 is 10.1 Å². The molecule has 1 rings (SSSR count). The highest BCUT2D eigenvalue weighted by Crippen LogP contribution is 2.08. The molecule has 1 unspecified atom stereocenters. The number of nitrogens with one attached hydrogen (secondary N) is 2. The van der Waals surface area contributed by atoms with Gasteiger partial charge in [-0.3, -0.25) is 10.1 Å². The number of hydrogen-bond donors (Lipinski definition) is 2. The molecule has 0 saturated carbocycles. The molecule has 0 aromatic carbocycles. The Labute approximate surface area is 102 Å². The first kappa shape index (κ1) is 13.8. The lowest BCUT2D eigenvalue weighted by Gasteiger charge is -2.10. The van der Waals surface area contributed by atoms with E-state index in [1.54, 1.807) is 11.8 Å². The zero-order chi connectivity index (χ0) is 11.6. The van der Waals surface area contributed by atoms with Gasteiger partial charge in [-0.1, -0.05) is 13.3 Å². The summed E-state index contributed by atoms with van der Waals surface area (Å²) in [5.74, 6) is 1.90. The molecule has 16 heavy (non-hydrogen) atoms. The maximum atomic E-state index is 11.6. The number of unbranched alkanes of at least 4 members (excludes halogenated alkanes) is 1. The minimum absolute atomic E-state index is 0.00556. The summed E-state index contributed by atoms with van der Waals surface area (Å²) < 4.78 is 5.41. The third kappa shape index (κ3) is 5.72. The van der Waals surface area contributed by atoms with Crippen molar-refractivity contribution >= 4 is 17.7 Å². The van der Waals surface area contributed by atoms with Crippen LogP contribution in [-0.4, -0.2) is 43.3 Å². The van der Waals surface area contributed by atoms with Crippen molar-refractivity contribution in [3.05, 3.63) is 0 Å². The Balaban J connectivity index is 1.88. The van der Waals surface area contributed by atoms with Crippen LogP contribution < -0.4 is 10.6 Å². The number of amides is 1. The molecule has 0 radical (unpaired) electrons. The fourth-order valence-corrected chi connectivity index (χ4v) is 2.36. The van der Waals surface area contributed by atoms with E-state index in [1.807, 2.05) is 0 Å². The summed E-state index contributed by atoms with van der Waals surface area (Å²) in [5, 5.41) is 6.07. The van der Waals surface area contributed by atoms with E-state index < -0.39 is 0 Å². The predicted molar refractivity (Wildman–Crippen MR) is 67.6 cm³/mol. The lowest BCUT2D eigenvalue weighted by molar-refractivity contribution is -0.122. The first-order valence-corrected chi connectivity index (χ1v) is 7.16. The molecule has 0 aliphatic carbocycles. The minimum atomic E-state index is 0.00556. The molecule has 1 amide bonds. The van der Waals surface area contributed by atoms with Crippen LogP contribution in [-0.2, 0) is 9.53 Å². The monoisotopic (exact) mass is 246 g/mol. The fourth-order valence-electron chi connectivity index (χ4n) is 1.42. The summed E-state index contributed by atoms with van der Waals surface area (Å²) in [7, 11) is 0. The van der Waals surface area contributed by atoms with E-state index in [0.717, 1.165) is 37.7 Å². The Morgan fingerprint density at radius 1 is 1.50 bits per heavy atom. The number of ether oxygens (including phenoxy) is 1. The van der Waals surface area contributed by atoms with Crippen molar-refractivity contribution in [2.45, 2.75) is 32.2 Å². The zero-order valence-corrected chi connectivity index (χ0v) is 10.8. The average molecular weight is 246 g/mol. The fraction of sp³-hybridized carbons (Fsp3) is 0.909. The molecule has 2 N–H and O–H groups in total. The molecule has 0 aromatic rings. The number of thioether (sulfide) groups is 1. The third-order valence-electron chi connectivity index (χ3n) is 2.44. The second-order valence-electron chi connectivity index (χ2n) is 3.88. The largest absolute Gasteiger partial charge is 0.381 e. The highest BCUT2D eigenvalue weighted by Gasteiger charge is 2.21. The highest BCUT2D eigenvalue weighted by atomic mass is 32.2. The second-order valence-corrected chi connectivity index (χ2v) is 4.91. The van der Waals surface area contributed by atoms with Crippen molar-refractivity contribution in [2.75, 3.05) is 31.4 Å². The van der Waals surface area contributed by atoms with E-state index in [-0.39, 0.29) is 11.9 Å². The van der Waals surface area contributed by atoms with E-state index in [1.165, 1.54) is 6.42 Å². The summed E-state index contributed by atoms with van der Waals surface area (Å²) in [4.78, 5) is 11.6. The molecule has 4 nitrogen and oxygen atoms in total. The summed E-state index contributed by atoms with van der Waals surface area (Å²) in [6.07, 6.45) is 3.19. The molecule has 1 aliphatic heterocycles. The van der Waals surface area contributed by atoms with Crippen LogP contribution in [0, 0.1) is 0 Å². The number of carbonyl (C=O) groups is 1. The van der Waals surface area contributed by atoms with Gasteiger partial charge >= 0.3 is 0 Å². The van der Waals surface area contributed by atoms with Gasteiger partial charge in [0.05, 0.1) is 6.04 Å². The first-order chi connectivity index (χ1) is 7.84. The van der Waals surface area contributed by atoms with Crippen molar-refractivity contribution in [1.29, 1.82) is 0 Å². The predicted octanol–water partition coefficient (Wildman–Crippen LogP) is 0.972. The maximum absolute atomic E-state index is 11.6. The molecule has 1 atom stereocenters. The Bertz CT molecular complexity index is 196. The second kappa shape index (κ2) is 8.84. The smallest absolute Gasteiger partial charge is 0.238 e. The van der Waals surface area contributed by atoms with Gasteiger partial charge in [-0.05, 0) is 12.8 Å². The van der Waals surface area contributed by atoms with Crippen LogP contribution in [0.25, 0.3) is 0 Å². The Morgan fingerprint density at radius 2 is 2.31 bits per heavy atom. The van der Waals surface area contributed by atoms with Crippen LogP contribution >= 0.6 is 11.8 Å². The van der Waals surface area contributed by atoms with Crippen LogP contribution in [0.3, 0.4) is 0 Å². The minimum Gasteiger partial charge on any atom is -0.381 e. The van der Waals surface area contributed by atoms with E-state index in [0.29, 0.717) is 6.54 Å². The van der Waals surface area contributed by atoms with Crippen LogP contribution in [0.2, 0.25) is 0 Å². The molecule has 0 aromatic heterocycles. The number of hydrogen-bond acceptors (Lipinski definition) is 4. The standard InChI is InChI=1S/C11H22N2O2S/c1-2-3-6-15-7-4-5-12-11(14)10-8-16-9-13-10/h10,13H,2-9H2,1H3,(H,12,14). The van der Waals surface area contributed by atoms with Crippen LogP contribution in [0.1, 0.15) is 26.2 Å². The number of carbonyl (C=O) groups excluding carboxylic acids is 1. The third-order valence-corrected chi connectivity index (χ3v) is 3.38. The summed E-state index contributed by atoms with van der Waals surface area (Å²) >= 11 is 1.77. The van der Waals surface area contributed by atoms with E-state index in [2.05, 4.69) is 17.6 Å². The molecule has 1 aliphatic rings.